The molecule has 1 unspecified atom stereocenters. The minimum absolute atomic E-state index is 0.100. The van der Waals surface area contributed by atoms with Crippen LogP contribution in [0, 0.1) is 0 Å². The number of rotatable bonds is 5. The highest BCUT2D eigenvalue weighted by Crippen LogP contribution is 2.24. The summed E-state index contributed by atoms with van der Waals surface area (Å²) in [6, 6.07) is 5.05. The fourth-order valence-corrected chi connectivity index (χ4v) is 2.90. The molecule has 2 N–H and O–H groups in total. The molecule has 1 aromatic carbocycles. The normalized spacial score (nSPS) is 16.8. The van der Waals surface area contributed by atoms with Crippen molar-refractivity contribution in [3.8, 4) is 0 Å². The predicted molar refractivity (Wildman–Crippen MR) is 93.1 cm³/mol. The fourth-order valence-electron chi connectivity index (χ4n) is 2.38. The van der Waals surface area contributed by atoms with E-state index in [1.165, 1.54) is 12.4 Å². The lowest BCUT2D eigenvalue weighted by Crippen LogP contribution is -2.31. The van der Waals surface area contributed by atoms with Gasteiger partial charge in [0.1, 0.15) is 0 Å². The summed E-state index contributed by atoms with van der Waals surface area (Å²) in [5.41, 5.74) is 1.06. The molecule has 1 atom stereocenters. The second-order valence-corrected chi connectivity index (χ2v) is 6.30. The van der Waals surface area contributed by atoms with Crippen molar-refractivity contribution in [2.45, 2.75) is 18.9 Å². The molecule has 1 aliphatic heterocycles. The molecule has 6 nitrogen and oxygen atoms in total. The van der Waals surface area contributed by atoms with E-state index in [0.717, 1.165) is 19.4 Å². The van der Waals surface area contributed by atoms with Gasteiger partial charge in [-0.1, -0.05) is 23.2 Å². The van der Waals surface area contributed by atoms with Crippen LogP contribution in [0.1, 0.15) is 23.2 Å². The zero-order valence-electron chi connectivity index (χ0n) is 12.8. The van der Waals surface area contributed by atoms with Gasteiger partial charge in [0.2, 0.25) is 5.95 Å². The summed E-state index contributed by atoms with van der Waals surface area (Å²) in [4.78, 5) is 20.3. The Hall–Kier alpha value is -1.89. The number of nitrogens with zero attached hydrogens (tertiary/aromatic N) is 2. The molecule has 0 spiro atoms. The van der Waals surface area contributed by atoms with E-state index in [0.29, 0.717) is 33.8 Å². The van der Waals surface area contributed by atoms with Crippen molar-refractivity contribution in [1.29, 1.82) is 0 Å². The Morgan fingerprint density at radius 3 is 2.54 bits per heavy atom. The Morgan fingerprint density at radius 1 is 1.21 bits per heavy atom. The Morgan fingerprint density at radius 2 is 1.92 bits per heavy atom. The van der Waals surface area contributed by atoms with Crippen molar-refractivity contribution in [1.82, 2.24) is 15.3 Å². The maximum absolute atomic E-state index is 12.1. The van der Waals surface area contributed by atoms with Crippen molar-refractivity contribution < 1.29 is 9.53 Å². The Balaban J connectivity index is 1.59. The van der Waals surface area contributed by atoms with Gasteiger partial charge < -0.3 is 15.4 Å². The number of anilines is 2. The van der Waals surface area contributed by atoms with E-state index in [2.05, 4.69) is 20.6 Å². The van der Waals surface area contributed by atoms with E-state index in [9.17, 15) is 4.79 Å². The first-order valence-electron chi connectivity index (χ1n) is 7.55. The van der Waals surface area contributed by atoms with Crippen LogP contribution in [0.3, 0.4) is 0 Å². The molecule has 0 saturated carbocycles. The third kappa shape index (κ3) is 4.56. The molecule has 1 aliphatic rings. The van der Waals surface area contributed by atoms with Gasteiger partial charge in [0.15, 0.2) is 0 Å². The first-order valence-corrected chi connectivity index (χ1v) is 8.31. The SMILES string of the molecule is O=C(NCC1CCCO1)c1cnc(Nc2cc(Cl)cc(Cl)c2)nc1. The monoisotopic (exact) mass is 366 g/mol. The number of amides is 1. The largest absolute Gasteiger partial charge is 0.376 e. The van der Waals surface area contributed by atoms with Gasteiger partial charge in [-0.2, -0.15) is 0 Å². The van der Waals surface area contributed by atoms with Crippen molar-refractivity contribution in [2.75, 3.05) is 18.5 Å². The maximum Gasteiger partial charge on any atom is 0.254 e. The molecule has 126 valence electrons. The van der Waals surface area contributed by atoms with E-state index in [4.69, 9.17) is 27.9 Å². The van der Waals surface area contributed by atoms with Crippen LogP contribution < -0.4 is 10.6 Å². The van der Waals surface area contributed by atoms with E-state index in [1.54, 1.807) is 18.2 Å². The molecule has 0 aliphatic carbocycles. The summed E-state index contributed by atoms with van der Waals surface area (Å²) in [5, 5.41) is 6.83. The average molecular weight is 367 g/mol. The molecule has 24 heavy (non-hydrogen) atoms. The topological polar surface area (TPSA) is 76.1 Å². The molecule has 1 saturated heterocycles. The van der Waals surface area contributed by atoms with Gasteiger partial charge >= 0.3 is 0 Å². The molecule has 2 aromatic rings. The summed E-state index contributed by atoms with van der Waals surface area (Å²) in [5.74, 6) is 0.131. The number of benzene rings is 1. The standard InChI is InChI=1S/C16H16Cl2N4O2/c17-11-4-12(18)6-13(5-11)22-16-20-7-10(8-21-16)15(23)19-9-14-2-1-3-24-14/h4-8,14H,1-3,9H2,(H,19,23)(H,20,21,22). The van der Waals surface area contributed by atoms with Gasteiger partial charge in [-0.05, 0) is 31.0 Å². The van der Waals surface area contributed by atoms with Crippen LogP contribution >= 0.6 is 23.2 Å². The third-order valence-corrected chi connectivity index (χ3v) is 3.98. The molecule has 0 radical (unpaired) electrons. The molecule has 0 bridgehead atoms. The van der Waals surface area contributed by atoms with Gasteiger partial charge in [-0.15, -0.1) is 0 Å². The van der Waals surface area contributed by atoms with E-state index >= 15 is 0 Å². The minimum Gasteiger partial charge on any atom is -0.376 e. The zero-order chi connectivity index (χ0) is 16.9. The van der Waals surface area contributed by atoms with Gasteiger partial charge in [0.05, 0.1) is 11.7 Å². The van der Waals surface area contributed by atoms with Crippen molar-refractivity contribution in [3.05, 3.63) is 46.2 Å². The fraction of sp³-hybridized carbons (Fsp3) is 0.312. The quantitative estimate of drug-likeness (QED) is 0.847. The zero-order valence-corrected chi connectivity index (χ0v) is 14.3. The summed E-state index contributed by atoms with van der Waals surface area (Å²) < 4.78 is 5.47. The maximum atomic E-state index is 12.1. The number of aromatic nitrogens is 2. The highest BCUT2D eigenvalue weighted by atomic mass is 35.5. The highest BCUT2D eigenvalue weighted by molar-refractivity contribution is 6.35. The number of halogens is 2. The molecule has 1 fully saturated rings. The molecule has 3 rings (SSSR count). The first kappa shape index (κ1) is 17.0. The predicted octanol–water partition coefficient (Wildman–Crippen LogP) is 3.44. The van der Waals surface area contributed by atoms with Gasteiger partial charge in [-0.3, -0.25) is 4.79 Å². The molecular weight excluding hydrogens is 351 g/mol. The Labute approximate surface area is 149 Å². The summed E-state index contributed by atoms with van der Waals surface area (Å²) >= 11 is 11.9. The number of ether oxygens (including phenoxy) is 1. The van der Waals surface area contributed by atoms with Crippen molar-refractivity contribution in [3.63, 3.8) is 0 Å². The molecule has 1 amide bonds. The van der Waals surface area contributed by atoms with Crippen LogP contribution in [-0.4, -0.2) is 35.1 Å². The summed E-state index contributed by atoms with van der Waals surface area (Å²) in [6.45, 7) is 1.26. The lowest BCUT2D eigenvalue weighted by Gasteiger charge is -2.11. The number of carbonyl (C=O) groups excluding carboxylic acids is 1. The van der Waals surface area contributed by atoms with Crippen LogP contribution in [0.25, 0.3) is 0 Å². The number of hydrogen-bond acceptors (Lipinski definition) is 5. The lowest BCUT2D eigenvalue weighted by atomic mass is 10.2. The highest BCUT2D eigenvalue weighted by Gasteiger charge is 2.17. The summed E-state index contributed by atoms with van der Waals surface area (Å²) in [7, 11) is 0. The van der Waals surface area contributed by atoms with Crippen LogP contribution in [0.5, 0.6) is 0 Å². The number of carbonyl (C=O) groups is 1. The van der Waals surface area contributed by atoms with Crippen LogP contribution in [0.4, 0.5) is 11.6 Å². The average Bonchev–Trinajstić information content (AvgIpc) is 3.06. The molecule has 8 heteroatoms. The smallest absolute Gasteiger partial charge is 0.254 e. The minimum atomic E-state index is -0.220. The van der Waals surface area contributed by atoms with Crippen molar-refractivity contribution >= 4 is 40.7 Å². The number of hydrogen-bond donors (Lipinski definition) is 2. The van der Waals surface area contributed by atoms with Gasteiger partial charge in [0, 0.05) is 41.3 Å². The van der Waals surface area contributed by atoms with Gasteiger partial charge in [-0.25, -0.2) is 9.97 Å². The van der Waals surface area contributed by atoms with Crippen LogP contribution in [-0.2, 0) is 4.74 Å². The second kappa shape index (κ2) is 7.79. The Bertz CT molecular complexity index is 698. The Kier molecular flexibility index (Phi) is 5.50. The van der Waals surface area contributed by atoms with E-state index < -0.39 is 0 Å². The third-order valence-electron chi connectivity index (χ3n) is 3.55. The molecule has 1 aromatic heterocycles. The summed E-state index contributed by atoms with van der Waals surface area (Å²) in [6.07, 6.45) is 5.04. The number of nitrogens with one attached hydrogen (secondary N) is 2. The van der Waals surface area contributed by atoms with E-state index in [1.807, 2.05) is 0 Å². The second-order valence-electron chi connectivity index (χ2n) is 5.42. The first-order chi connectivity index (χ1) is 11.6. The lowest BCUT2D eigenvalue weighted by molar-refractivity contribution is 0.0857. The van der Waals surface area contributed by atoms with Gasteiger partial charge in [0.25, 0.3) is 5.91 Å². The van der Waals surface area contributed by atoms with Crippen LogP contribution in [0.2, 0.25) is 10.0 Å². The van der Waals surface area contributed by atoms with E-state index in [-0.39, 0.29) is 12.0 Å². The van der Waals surface area contributed by atoms with Crippen LogP contribution in [0.15, 0.2) is 30.6 Å². The molecular formula is C16H16Cl2N4O2. The van der Waals surface area contributed by atoms with Crippen molar-refractivity contribution in [2.24, 2.45) is 0 Å². The molecule has 2 heterocycles.